The maximum absolute atomic E-state index is 10.0. The molecule has 0 saturated heterocycles. The zero-order valence-corrected chi connectivity index (χ0v) is 7.18. The van der Waals surface area contributed by atoms with Crippen LogP contribution >= 0.6 is 0 Å². The summed E-state index contributed by atoms with van der Waals surface area (Å²) < 4.78 is 0. The highest BCUT2D eigenvalue weighted by Gasteiger charge is 1.90. The van der Waals surface area contributed by atoms with Crippen LogP contribution in [-0.2, 0) is 10.2 Å². The summed E-state index contributed by atoms with van der Waals surface area (Å²) >= 11 is 0. The lowest BCUT2D eigenvalue weighted by atomic mass is 10.1. The molecule has 0 aromatic heterocycles. The molecule has 0 unspecified atom stereocenters. The topological polar surface area (TPSA) is 39.8 Å². The molecule has 0 atom stereocenters. The minimum absolute atomic E-state index is 0.0700. The monoisotopic (exact) mass is 158 g/mol. The fraction of sp³-hybridized carbons (Fsp3) is 1.00. The van der Waals surface area contributed by atoms with Gasteiger partial charge in [-0.15, -0.1) is 0 Å². The van der Waals surface area contributed by atoms with E-state index in [9.17, 15) is 10.2 Å². The Labute approximate surface area is 69.2 Å². The van der Waals surface area contributed by atoms with Crippen molar-refractivity contribution in [2.45, 2.75) is 44.9 Å². The Morgan fingerprint density at radius 1 is 0.455 bits per heavy atom. The quantitative estimate of drug-likeness (QED) is 0.487. The first-order chi connectivity index (χ1) is 5.41. The average molecular weight is 158 g/mol. The number of hydrogen-bond donors (Lipinski definition) is 0. The lowest BCUT2D eigenvalue weighted by Crippen LogP contribution is -1.84. The molecule has 0 fully saturated rings. The molecule has 0 N–H and O–H groups in total. The summed E-state index contributed by atoms with van der Waals surface area (Å²) in [5, 5.41) is 20.0. The van der Waals surface area contributed by atoms with Gasteiger partial charge in [-0.25, -0.2) is 10.2 Å². The molecule has 0 rings (SSSR count). The van der Waals surface area contributed by atoms with Crippen molar-refractivity contribution in [1.82, 2.24) is 0 Å². The predicted molar refractivity (Wildman–Crippen MR) is 43.4 cm³/mol. The van der Waals surface area contributed by atoms with Crippen LogP contribution in [0.5, 0.6) is 0 Å². The lowest BCUT2D eigenvalue weighted by molar-refractivity contribution is 0.183. The van der Waals surface area contributed by atoms with E-state index in [0.717, 1.165) is 25.7 Å². The van der Waals surface area contributed by atoms with Crippen molar-refractivity contribution in [2.24, 2.45) is 0 Å². The fourth-order valence-electron chi connectivity index (χ4n) is 1.09. The Morgan fingerprint density at radius 3 is 1.00 bits per heavy atom. The minimum Gasteiger partial charge on any atom is -0.237 e. The molecule has 0 aliphatic carbocycles. The first kappa shape index (κ1) is 10.9. The van der Waals surface area contributed by atoms with Gasteiger partial charge in [-0.2, -0.15) is 0 Å². The van der Waals surface area contributed by atoms with Crippen LogP contribution in [0.25, 0.3) is 0 Å². The summed E-state index contributed by atoms with van der Waals surface area (Å²) in [5.74, 6) is 0. The van der Waals surface area contributed by atoms with Gasteiger partial charge in [0.05, 0.1) is 13.2 Å². The second-order valence-corrected chi connectivity index (χ2v) is 2.88. The summed E-state index contributed by atoms with van der Waals surface area (Å²) in [7, 11) is 0. The molecule has 11 heavy (non-hydrogen) atoms. The molecular weight excluding hydrogens is 140 g/mol. The summed E-state index contributed by atoms with van der Waals surface area (Å²) in [4.78, 5) is 0. The van der Waals surface area contributed by atoms with E-state index in [1.165, 1.54) is 19.3 Å². The highest BCUT2D eigenvalue weighted by Crippen LogP contribution is 2.06. The van der Waals surface area contributed by atoms with Crippen LogP contribution in [-0.4, -0.2) is 13.2 Å². The smallest absolute Gasteiger partial charge is 0.0822 e. The minimum atomic E-state index is 0.0700. The Bertz CT molecular complexity index is 56.6. The third-order valence-electron chi connectivity index (χ3n) is 1.79. The molecule has 0 spiro atoms. The van der Waals surface area contributed by atoms with Crippen molar-refractivity contribution < 1.29 is 10.2 Å². The Hall–Kier alpha value is -0.0800. The zero-order chi connectivity index (χ0) is 8.36. The van der Waals surface area contributed by atoms with E-state index in [2.05, 4.69) is 0 Å². The van der Waals surface area contributed by atoms with Gasteiger partial charge in [0.2, 0.25) is 0 Å². The average Bonchev–Trinajstić information content (AvgIpc) is 2.03. The summed E-state index contributed by atoms with van der Waals surface area (Å²) in [6.45, 7) is 0.140. The van der Waals surface area contributed by atoms with Gasteiger partial charge < -0.3 is 0 Å². The normalized spacial score (nSPS) is 10.4. The van der Waals surface area contributed by atoms with Gasteiger partial charge >= 0.3 is 0 Å². The van der Waals surface area contributed by atoms with Crippen molar-refractivity contribution in [2.75, 3.05) is 13.2 Å². The van der Waals surface area contributed by atoms with Gasteiger partial charge in [-0.1, -0.05) is 32.1 Å². The van der Waals surface area contributed by atoms with Gasteiger partial charge in [-0.3, -0.25) is 0 Å². The first-order valence-electron chi connectivity index (χ1n) is 4.58. The van der Waals surface area contributed by atoms with Crippen LogP contribution < -0.4 is 0 Å². The molecule has 0 aliphatic rings. The molecule has 0 saturated carbocycles. The number of rotatable bonds is 8. The van der Waals surface area contributed by atoms with E-state index in [1.807, 2.05) is 0 Å². The molecule has 66 valence electrons. The molecule has 2 radical (unpaired) electrons. The van der Waals surface area contributed by atoms with Gasteiger partial charge in [0.15, 0.2) is 0 Å². The highest BCUT2D eigenvalue weighted by atomic mass is 16.3. The van der Waals surface area contributed by atoms with Crippen molar-refractivity contribution in [3.63, 3.8) is 0 Å². The SMILES string of the molecule is [O]CCCCCCCCC[O]. The molecular formula is C9H18O2. The second-order valence-electron chi connectivity index (χ2n) is 2.88. The van der Waals surface area contributed by atoms with E-state index >= 15 is 0 Å². The Balaban J connectivity index is 2.69. The summed E-state index contributed by atoms with van der Waals surface area (Å²) in [6.07, 6.45) is 7.31. The Kier molecular flexibility index (Phi) is 9.85. The van der Waals surface area contributed by atoms with Crippen LogP contribution in [0.2, 0.25) is 0 Å². The van der Waals surface area contributed by atoms with Gasteiger partial charge in [0, 0.05) is 0 Å². The zero-order valence-electron chi connectivity index (χ0n) is 7.18. The first-order valence-corrected chi connectivity index (χ1v) is 4.58. The maximum Gasteiger partial charge on any atom is 0.0822 e. The van der Waals surface area contributed by atoms with Crippen LogP contribution in [0.4, 0.5) is 0 Å². The van der Waals surface area contributed by atoms with E-state index in [-0.39, 0.29) is 13.2 Å². The van der Waals surface area contributed by atoms with Crippen molar-refractivity contribution >= 4 is 0 Å². The van der Waals surface area contributed by atoms with E-state index in [4.69, 9.17) is 0 Å². The highest BCUT2D eigenvalue weighted by molar-refractivity contribution is 4.44. The second kappa shape index (κ2) is 9.92. The maximum atomic E-state index is 10.0. The number of unbranched alkanes of at least 4 members (excludes halogenated alkanes) is 6. The van der Waals surface area contributed by atoms with Crippen LogP contribution in [0.1, 0.15) is 44.9 Å². The largest absolute Gasteiger partial charge is 0.237 e. The van der Waals surface area contributed by atoms with E-state index < -0.39 is 0 Å². The van der Waals surface area contributed by atoms with Gasteiger partial charge in [-0.05, 0) is 12.8 Å². The third-order valence-corrected chi connectivity index (χ3v) is 1.79. The van der Waals surface area contributed by atoms with Crippen LogP contribution in [0.15, 0.2) is 0 Å². The molecule has 0 heterocycles. The molecule has 0 amide bonds. The van der Waals surface area contributed by atoms with E-state index in [0.29, 0.717) is 0 Å². The van der Waals surface area contributed by atoms with Gasteiger partial charge in [0.25, 0.3) is 0 Å². The molecule has 0 bridgehead atoms. The fourth-order valence-corrected chi connectivity index (χ4v) is 1.09. The molecule has 2 nitrogen and oxygen atoms in total. The number of hydrogen-bond acceptors (Lipinski definition) is 0. The van der Waals surface area contributed by atoms with Crippen molar-refractivity contribution in [3.8, 4) is 0 Å². The standard InChI is InChI=1S/C9H18O2/c10-8-6-4-2-1-3-5-7-9-11/h1-9H2. The van der Waals surface area contributed by atoms with Crippen LogP contribution in [0.3, 0.4) is 0 Å². The molecule has 0 aliphatic heterocycles. The van der Waals surface area contributed by atoms with Crippen molar-refractivity contribution in [1.29, 1.82) is 0 Å². The Morgan fingerprint density at radius 2 is 0.727 bits per heavy atom. The molecule has 2 heteroatoms. The molecule has 0 aromatic carbocycles. The molecule has 0 aromatic rings. The summed E-state index contributed by atoms with van der Waals surface area (Å²) in [6, 6.07) is 0. The van der Waals surface area contributed by atoms with Crippen molar-refractivity contribution in [3.05, 3.63) is 0 Å². The van der Waals surface area contributed by atoms with E-state index in [1.54, 1.807) is 0 Å². The third kappa shape index (κ3) is 9.92. The van der Waals surface area contributed by atoms with Crippen LogP contribution in [0, 0.1) is 0 Å². The van der Waals surface area contributed by atoms with Gasteiger partial charge in [0.1, 0.15) is 0 Å². The predicted octanol–water partition coefficient (Wildman–Crippen LogP) is 2.58. The summed E-state index contributed by atoms with van der Waals surface area (Å²) in [5.41, 5.74) is 0. The lowest BCUT2D eigenvalue weighted by Gasteiger charge is -1.97.